The molecule has 1 aromatic carbocycles. The van der Waals surface area contributed by atoms with Crippen LogP contribution >= 0.6 is 0 Å². The maximum atomic E-state index is 5.86. The first-order valence-corrected chi connectivity index (χ1v) is 6.65. The van der Waals surface area contributed by atoms with Crippen LogP contribution in [0, 0.1) is 12.8 Å². The Kier molecular flexibility index (Phi) is 3.72. The van der Waals surface area contributed by atoms with E-state index in [4.69, 9.17) is 5.73 Å². The summed E-state index contributed by atoms with van der Waals surface area (Å²) in [5.74, 6) is 0.951. The first kappa shape index (κ1) is 12.4. The van der Waals surface area contributed by atoms with Crippen molar-refractivity contribution in [3.63, 3.8) is 0 Å². The molecule has 1 aromatic rings. The molecule has 0 radical (unpaired) electrons. The second-order valence-corrected chi connectivity index (χ2v) is 5.66. The summed E-state index contributed by atoms with van der Waals surface area (Å²) in [5, 5.41) is 0. The average Bonchev–Trinajstić information content (AvgIpc) is 3.06. The third kappa shape index (κ3) is 3.47. The maximum absolute atomic E-state index is 5.86. The highest BCUT2D eigenvalue weighted by molar-refractivity contribution is 5.47. The monoisotopic (exact) mass is 232 g/mol. The van der Waals surface area contributed by atoms with E-state index in [1.165, 1.54) is 30.5 Å². The molecule has 1 aliphatic carbocycles. The summed E-state index contributed by atoms with van der Waals surface area (Å²) in [6.45, 7) is 8.95. The van der Waals surface area contributed by atoms with E-state index in [9.17, 15) is 0 Å². The van der Waals surface area contributed by atoms with Gasteiger partial charge in [-0.3, -0.25) is 4.90 Å². The molecule has 0 aromatic heterocycles. The summed E-state index contributed by atoms with van der Waals surface area (Å²) in [6.07, 6.45) is 2.84. The van der Waals surface area contributed by atoms with E-state index in [-0.39, 0.29) is 0 Å². The van der Waals surface area contributed by atoms with E-state index >= 15 is 0 Å². The third-order valence-electron chi connectivity index (χ3n) is 3.64. The summed E-state index contributed by atoms with van der Waals surface area (Å²) >= 11 is 0. The summed E-state index contributed by atoms with van der Waals surface area (Å²) in [6, 6.07) is 7.02. The highest BCUT2D eigenvalue weighted by atomic mass is 15.1. The Morgan fingerprint density at radius 1 is 1.35 bits per heavy atom. The van der Waals surface area contributed by atoms with Crippen LogP contribution in [0.25, 0.3) is 0 Å². The molecule has 0 saturated heterocycles. The van der Waals surface area contributed by atoms with E-state index in [1.54, 1.807) is 0 Å². The normalized spacial score (nSPS) is 15.8. The van der Waals surface area contributed by atoms with Crippen molar-refractivity contribution in [2.75, 3.05) is 12.3 Å². The van der Waals surface area contributed by atoms with Crippen LogP contribution in [0.5, 0.6) is 0 Å². The van der Waals surface area contributed by atoms with Gasteiger partial charge in [0.2, 0.25) is 0 Å². The van der Waals surface area contributed by atoms with E-state index in [0.717, 1.165) is 18.2 Å². The number of benzene rings is 1. The Labute approximate surface area is 105 Å². The van der Waals surface area contributed by atoms with Crippen LogP contribution in [0.3, 0.4) is 0 Å². The van der Waals surface area contributed by atoms with Crippen molar-refractivity contribution < 1.29 is 0 Å². The molecule has 0 atom stereocenters. The second-order valence-electron chi connectivity index (χ2n) is 5.66. The molecule has 1 fully saturated rings. The lowest BCUT2D eigenvalue weighted by molar-refractivity contribution is 0.204. The van der Waals surface area contributed by atoms with Crippen LogP contribution in [-0.2, 0) is 6.54 Å². The average molecular weight is 232 g/mol. The van der Waals surface area contributed by atoms with Gasteiger partial charge in [-0.1, -0.05) is 12.1 Å². The van der Waals surface area contributed by atoms with Gasteiger partial charge in [0, 0.05) is 24.8 Å². The molecule has 2 heteroatoms. The van der Waals surface area contributed by atoms with Gasteiger partial charge in [-0.2, -0.15) is 0 Å². The molecular weight excluding hydrogens is 208 g/mol. The molecule has 2 N–H and O–H groups in total. The molecule has 1 aliphatic rings. The van der Waals surface area contributed by atoms with Gasteiger partial charge in [-0.15, -0.1) is 0 Å². The van der Waals surface area contributed by atoms with E-state index in [1.807, 2.05) is 6.07 Å². The van der Waals surface area contributed by atoms with Crippen LogP contribution in [0.15, 0.2) is 18.2 Å². The largest absolute Gasteiger partial charge is 0.399 e. The zero-order valence-corrected chi connectivity index (χ0v) is 11.2. The quantitative estimate of drug-likeness (QED) is 0.790. The number of nitrogens with two attached hydrogens (primary N) is 1. The van der Waals surface area contributed by atoms with Gasteiger partial charge in [0.25, 0.3) is 0 Å². The van der Waals surface area contributed by atoms with Gasteiger partial charge in [0.1, 0.15) is 0 Å². The predicted octanol–water partition coefficient (Wildman–Crippen LogP) is 3.20. The number of nitrogens with zero attached hydrogens (tertiary/aromatic N) is 1. The molecule has 94 valence electrons. The molecular formula is C15H24N2. The SMILES string of the molecule is Cc1cc(CN(CC2CC2)C(C)C)ccc1N. The van der Waals surface area contributed by atoms with E-state index in [0.29, 0.717) is 6.04 Å². The van der Waals surface area contributed by atoms with Gasteiger partial charge in [-0.05, 0) is 56.7 Å². The number of nitrogen functional groups attached to an aromatic ring is 1. The molecule has 0 heterocycles. The van der Waals surface area contributed by atoms with Gasteiger partial charge in [0.05, 0.1) is 0 Å². The van der Waals surface area contributed by atoms with E-state index in [2.05, 4.69) is 37.8 Å². The fraction of sp³-hybridized carbons (Fsp3) is 0.600. The number of hydrogen-bond acceptors (Lipinski definition) is 2. The molecule has 0 bridgehead atoms. The standard InChI is InChI=1S/C15H24N2/c1-11(2)17(9-13-4-5-13)10-14-6-7-15(16)12(3)8-14/h6-8,11,13H,4-5,9-10,16H2,1-3H3. The van der Waals surface area contributed by atoms with Crippen LogP contribution in [-0.4, -0.2) is 17.5 Å². The third-order valence-corrected chi connectivity index (χ3v) is 3.64. The maximum Gasteiger partial charge on any atom is 0.0343 e. The summed E-state index contributed by atoms with van der Waals surface area (Å²) in [4.78, 5) is 2.57. The van der Waals surface area contributed by atoms with Crippen molar-refractivity contribution in [3.8, 4) is 0 Å². The minimum Gasteiger partial charge on any atom is -0.399 e. The molecule has 0 unspecified atom stereocenters. The summed E-state index contributed by atoms with van der Waals surface area (Å²) < 4.78 is 0. The predicted molar refractivity (Wildman–Crippen MR) is 73.9 cm³/mol. The molecule has 1 saturated carbocycles. The molecule has 2 rings (SSSR count). The Morgan fingerprint density at radius 2 is 2.06 bits per heavy atom. The Hall–Kier alpha value is -1.02. The fourth-order valence-electron chi connectivity index (χ4n) is 2.16. The van der Waals surface area contributed by atoms with Crippen LogP contribution < -0.4 is 5.73 Å². The number of rotatable bonds is 5. The number of aryl methyl sites for hydroxylation is 1. The van der Waals surface area contributed by atoms with Crippen molar-refractivity contribution in [1.29, 1.82) is 0 Å². The van der Waals surface area contributed by atoms with Crippen LogP contribution in [0.2, 0.25) is 0 Å². The minimum absolute atomic E-state index is 0.619. The highest BCUT2D eigenvalue weighted by Gasteiger charge is 2.25. The lowest BCUT2D eigenvalue weighted by Crippen LogP contribution is -2.32. The van der Waals surface area contributed by atoms with Crippen LogP contribution in [0.4, 0.5) is 5.69 Å². The second kappa shape index (κ2) is 5.09. The Morgan fingerprint density at radius 3 is 2.59 bits per heavy atom. The molecule has 17 heavy (non-hydrogen) atoms. The molecule has 2 nitrogen and oxygen atoms in total. The van der Waals surface area contributed by atoms with Crippen molar-refractivity contribution >= 4 is 5.69 Å². The smallest absolute Gasteiger partial charge is 0.0343 e. The van der Waals surface area contributed by atoms with Crippen molar-refractivity contribution in [1.82, 2.24) is 4.90 Å². The topological polar surface area (TPSA) is 29.3 Å². The van der Waals surface area contributed by atoms with Gasteiger partial charge in [0.15, 0.2) is 0 Å². The van der Waals surface area contributed by atoms with Crippen molar-refractivity contribution in [2.45, 2.75) is 46.2 Å². The van der Waals surface area contributed by atoms with E-state index < -0.39 is 0 Å². The van der Waals surface area contributed by atoms with Crippen molar-refractivity contribution in [3.05, 3.63) is 29.3 Å². The Balaban J connectivity index is 2.02. The highest BCUT2D eigenvalue weighted by Crippen LogP contribution is 2.31. The number of hydrogen-bond donors (Lipinski definition) is 1. The lowest BCUT2D eigenvalue weighted by Gasteiger charge is -2.26. The Bertz CT molecular complexity index is 381. The lowest BCUT2D eigenvalue weighted by atomic mass is 10.1. The summed E-state index contributed by atoms with van der Waals surface area (Å²) in [7, 11) is 0. The number of anilines is 1. The van der Waals surface area contributed by atoms with Crippen molar-refractivity contribution in [2.24, 2.45) is 5.92 Å². The zero-order chi connectivity index (χ0) is 12.4. The summed E-state index contributed by atoms with van der Waals surface area (Å²) in [5.41, 5.74) is 9.32. The minimum atomic E-state index is 0.619. The first-order chi connectivity index (χ1) is 8.06. The van der Waals surface area contributed by atoms with Gasteiger partial charge in [-0.25, -0.2) is 0 Å². The molecule has 0 aliphatic heterocycles. The van der Waals surface area contributed by atoms with Gasteiger partial charge < -0.3 is 5.73 Å². The molecule has 0 amide bonds. The molecule has 0 spiro atoms. The van der Waals surface area contributed by atoms with Crippen LogP contribution in [0.1, 0.15) is 37.8 Å². The van der Waals surface area contributed by atoms with Gasteiger partial charge >= 0.3 is 0 Å². The fourth-order valence-corrected chi connectivity index (χ4v) is 2.16. The zero-order valence-electron chi connectivity index (χ0n) is 11.2. The first-order valence-electron chi connectivity index (χ1n) is 6.65.